The predicted octanol–water partition coefficient (Wildman–Crippen LogP) is 3.10. The quantitative estimate of drug-likeness (QED) is 0.653. The number of nitrogens with zero attached hydrogens (tertiary/aromatic N) is 1. The lowest BCUT2D eigenvalue weighted by atomic mass is 9.89. The Bertz CT molecular complexity index is 233. The minimum atomic E-state index is -0.136. The summed E-state index contributed by atoms with van der Waals surface area (Å²) in [5, 5.41) is 12.4. The largest absolute Gasteiger partial charge is 0.316 e. The molecule has 1 rings (SSSR count). The Morgan fingerprint density at radius 2 is 2.00 bits per heavy atom. The second-order valence-electron chi connectivity index (χ2n) is 5.94. The normalized spacial score (nSPS) is 18.5. The van der Waals surface area contributed by atoms with Crippen molar-refractivity contribution in [3.8, 4) is 6.07 Å². The van der Waals surface area contributed by atoms with E-state index in [0.29, 0.717) is 5.41 Å². The molecule has 0 unspecified atom stereocenters. The fourth-order valence-electron chi connectivity index (χ4n) is 1.65. The Balaban J connectivity index is 1.91. The molecular formula is C13H24N2. The van der Waals surface area contributed by atoms with Crippen molar-refractivity contribution in [2.75, 3.05) is 13.1 Å². The molecule has 0 heterocycles. The van der Waals surface area contributed by atoms with Crippen LogP contribution >= 0.6 is 0 Å². The molecule has 0 saturated heterocycles. The van der Waals surface area contributed by atoms with Gasteiger partial charge < -0.3 is 5.32 Å². The van der Waals surface area contributed by atoms with Gasteiger partial charge in [-0.25, -0.2) is 0 Å². The van der Waals surface area contributed by atoms with Gasteiger partial charge in [-0.05, 0) is 51.5 Å². The lowest BCUT2D eigenvalue weighted by molar-refractivity contribution is 0.415. The Labute approximate surface area is 94.1 Å². The van der Waals surface area contributed by atoms with Crippen molar-refractivity contribution in [2.24, 2.45) is 10.8 Å². The van der Waals surface area contributed by atoms with E-state index >= 15 is 0 Å². The van der Waals surface area contributed by atoms with Crippen molar-refractivity contribution in [1.82, 2.24) is 5.32 Å². The summed E-state index contributed by atoms with van der Waals surface area (Å²) < 4.78 is 0. The van der Waals surface area contributed by atoms with Crippen LogP contribution in [-0.2, 0) is 0 Å². The summed E-state index contributed by atoms with van der Waals surface area (Å²) in [7, 11) is 0. The molecule has 0 amide bonds. The topological polar surface area (TPSA) is 35.8 Å². The van der Waals surface area contributed by atoms with Crippen LogP contribution in [-0.4, -0.2) is 13.1 Å². The number of nitrogens with one attached hydrogen (secondary N) is 1. The molecule has 1 aliphatic carbocycles. The molecule has 0 aromatic rings. The molecule has 1 saturated carbocycles. The van der Waals surface area contributed by atoms with Gasteiger partial charge in [0.05, 0.1) is 11.5 Å². The summed E-state index contributed by atoms with van der Waals surface area (Å²) in [4.78, 5) is 0. The van der Waals surface area contributed by atoms with Crippen LogP contribution < -0.4 is 5.32 Å². The van der Waals surface area contributed by atoms with Gasteiger partial charge in [-0.3, -0.25) is 0 Å². The third kappa shape index (κ3) is 5.18. The first-order valence-electron chi connectivity index (χ1n) is 6.09. The Morgan fingerprint density at radius 3 is 2.53 bits per heavy atom. The molecule has 2 nitrogen and oxygen atoms in total. The van der Waals surface area contributed by atoms with Crippen LogP contribution in [0.3, 0.4) is 0 Å². The molecule has 0 atom stereocenters. The van der Waals surface area contributed by atoms with E-state index in [9.17, 15) is 0 Å². The molecule has 1 aliphatic rings. The molecule has 0 bridgehead atoms. The number of hydrogen-bond donors (Lipinski definition) is 1. The predicted molar refractivity (Wildman–Crippen MR) is 63.5 cm³/mol. The number of rotatable bonds is 7. The molecule has 0 aliphatic heterocycles. The van der Waals surface area contributed by atoms with Crippen LogP contribution in [0.15, 0.2) is 0 Å². The minimum absolute atomic E-state index is 0.136. The highest BCUT2D eigenvalue weighted by atomic mass is 14.9. The number of unbranched alkanes of at least 4 members (excludes halogenated alkanes) is 1. The van der Waals surface area contributed by atoms with Crippen molar-refractivity contribution in [3.63, 3.8) is 0 Å². The first kappa shape index (κ1) is 12.5. The highest BCUT2D eigenvalue weighted by Crippen LogP contribution is 2.43. The maximum absolute atomic E-state index is 8.85. The van der Waals surface area contributed by atoms with E-state index in [1.54, 1.807) is 0 Å². The van der Waals surface area contributed by atoms with Crippen molar-refractivity contribution in [2.45, 2.75) is 52.9 Å². The smallest absolute Gasteiger partial charge is 0.0683 e. The monoisotopic (exact) mass is 208 g/mol. The van der Waals surface area contributed by atoms with Crippen molar-refractivity contribution < 1.29 is 0 Å². The fraction of sp³-hybridized carbons (Fsp3) is 0.923. The zero-order chi connectivity index (χ0) is 11.4. The third-order valence-electron chi connectivity index (χ3n) is 3.36. The van der Waals surface area contributed by atoms with Gasteiger partial charge in [-0.15, -0.1) is 0 Å². The van der Waals surface area contributed by atoms with Gasteiger partial charge in [0.15, 0.2) is 0 Å². The van der Waals surface area contributed by atoms with E-state index in [1.807, 2.05) is 13.8 Å². The first-order chi connectivity index (χ1) is 6.97. The number of nitriles is 1. The Kier molecular flexibility index (Phi) is 4.16. The molecule has 0 aromatic carbocycles. The molecule has 2 heteroatoms. The van der Waals surface area contributed by atoms with Gasteiger partial charge in [0.1, 0.15) is 0 Å². The molecule has 15 heavy (non-hydrogen) atoms. The van der Waals surface area contributed by atoms with E-state index in [2.05, 4.69) is 18.3 Å². The third-order valence-corrected chi connectivity index (χ3v) is 3.36. The van der Waals surface area contributed by atoms with E-state index in [-0.39, 0.29) is 5.41 Å². The van der Waals surface area contributed by atoms with Gasteiger partial charge in [-0.2, -0.15) is 5.26 Å². The summed E-state index contributed by atoms with van der Waals surface area (Å²) in [6.07, 6.45) is 6.15. The molecule has 1 fully saturated rings. The van der Waals surface area contributed by atoms with E-state index in [4.69, 9.17) is 5.26 Å². The number of hydrogen-bond acceptors (Lipinski definition) is 2. The zero-order valence-corrected chi connectivity index (χ0v) is 10.4. The average molecular weight is 208 g/mol. The van der Waals surface area contributed by atoms with E-state index in [0.717, 1.165) is 19.4 Å². The van der Waals surface area contributed by atoms with Crippen molar-refractivity contribution >= 4 is 0 Å². The van der Waals surface area contributed by atoms with Crippen LogP contribution in [0.1, 0.15) is 52.9 Å². The van der Waals surface area contributed by atoms with Crippen LogP contribution in [0.5, 0.6) is 0 Å². The van der Waals surface area contributed by atoms with Crippen molar-refractivity contribution in [3.05, 3.63) is 0 Å². The second kappa shape index (κ2) is 4.99. The average Bonchev–Trinajstić information content (AvgIpc) is 2.90. The molecule has 86 valence electrons. The highest BCUT2D eigenvalue weighted by molar-refractivity contribution is 4.91. The summed E-state index contributed by atoms with van der Waals surface area (Å²) in [5.41, 5.74) is 0.481. The van der Waals surface area contributed by atoms with Gasteiger partial charge in [-0.1, -0.05) is 13.3 Å². The lowest BCUT2D eigenvalue weighted by Gasteiger charge is -2.15. The Morgan fingerprint density at radius 1 is 1.33 bits per heavy atom. The van der Waals surface area contributed by atoms with Crippen LogP contribution in [0.25, 0.3) is 0 Å². The van der Waals surface area contributed by atoms with E-state index in [1.165, 1.54) is 25.8 Å². The summed E-state index contributed by atoms with van der Waals surface area (Å²) >= 11 is 0. The lowest BCUT2D eigenvalue weighted by Crippen LogP contribution is -2.23. The molecule has 0 aromatic heterocycles. The zero-order valence-electron chi connectivity index (χ0n) is 10.4. The second-order valence-corrected chi connectivity index (χ2v) is 5.94. The standard InChI is InChI=1S/C13H24N2/c1-12(2,10-14)6-4-5-9-15-11-13(3)7-8-13/h15H,4-9,11H2,1-3H3. The van der Waals surface area contributed by atoms with Gasteiger partial charge in [0, 0.05) is 6.54 Å². The minimum Gasteiger partial charge on any atom is -0.316 e. The molecule has 0 spiro atoms. The summed E-state index contributed by atoms with van der Waals surface area (Å²) in [6.45, 7) is 8.67. The Hall–Kier alpha value is -0.550. The maximum Gasteiger partial charge on any atom is 0.0683 e. The SMILES string of the molecule is CC(C)(C#N)CCCCNCC1(C)CC1. The summed E-state index contributed by atoms with van der Waals surface area (Å²) in [6, 6.07) is 2.35. The van der Waals surface area contributed by atoms with Crippen LogP contribution in [0.4, 0.5) is 0 Å². The molecule has 0 radical (unpaired) electrons. The van der Waals surface area contributed by atoms with Gasteiger partial charge in [0.25, 0.3) is 0 Å². The van der Waals surface area contributed by atoms with E-state index < -0.39 is 0 Å². The van der Waals surface area contributed by atoms with Crippen LogP contribution in [0.2, 0.25) is 0 Å². The molecule has 1 N–H and O–H groups in total. The van der Waals surface area contributed by atoms with Crippen LogP contribution in [0, 0.1) is 22.2 Å². The van der Waals surface area contributed by atoms with Gasteiger partial charge in [0.2, 0.25) is 0 Å². The van der Waals surface area contributed by atoms with Crippen molar-refractivity contribution in [1.29, 1.82) is 5.26 Å². The maximum atomic E-state index is 8.85. The summed E-state index contributed by atoms with van der Waals surface area (Å²) in [5.74, 6) is 0. The first-order valence-corrected chi connectivity index (χ1v) is 6.09. The molecular weight excluding hydrogens is 184 g/mol. The van der Waals surface area contributed by atoms with Gasteiger partial charge >= 0.3 is 0 Å². The fourth-order valence-corrected chi connectivity index (χ4v) is 1.65. The highest BCUT2D eigenvalue weighted by Gasteiger charge is 2.36.